The van der Waals surface area contributed by atoms with Crippen molar-refractivity contribution in [3.63, 3.8) is 0 Å². The molecule has 0 bridgehead atoms. The Labute approximate surface area is 132 Å². The average molecular weight is 336 g/mol. The molecule has 1 saturated heterocycles. The highest BCUT2D eigenvalue weighted by atomic mass is 16.7. The fraction of sp³-hybridized carbons (Fsp3) is 0.769. The van der Waals surface area contributed by atoms with E-state index in [4.69, 9.17) is 0 Å². The van der Waals surface area contributed by atoms with Crippen LogP contribution in [0.3, 0.4) is 0 Å². The molecule has 2 atom stereocenters. The average Bonchev–Trinajstić information content (AvgIpc) is 2.48. The highest BCUT2D eigenvalue weighted by Crippen LogP contribution is 2.51. The molecule has 0 saturated carbocycles. The molecular formula is C13H24N2O8. The summed E-state index contributed by atoms with van der Waals surface area (Å²) in [7, 11) is 0. The summed E-state index contributed by atoms with van der Waals surface area (Å²) in [5.41, 5.74) is -5.78. The summed E-state index contributed by atoms with van der Waals surface area (Å²) < 4.78 is 0. The van der Waals surface area contributed by atoms with E-state index in [-0.39, 0.29) is 4.90 Å². The SMILES string of the molecule is CCCC=N/C=C/CC1(O)N(C(O)O)C(O)(O)C(O)(O)C1(C)O. The van der Waals surface area contributed by atoms with Crippen molar-refractivity contribution in [1.82, 2.24) is 4.90 Å². The summed E-state index contributed by atoms with van der Waals surface area (Å²) in [6.45, 7) is 2.66. The van der Waals surface area contributed by atoms with E-state index < -0.39 is 35.9 Å². The number of nitrogens with zero attached hydrogens (tertiary/aromatic N) is 2. The van der Waals surface area contributed by atoms with Gasteiger partial charge < -0.3 is 40.9 Å². The van der Waals surface area contributed by atoms with Gasteiger partial charge >= 0.3 is 0 Å². The summed E-state index contributed by atoms with van der Waals surface area (Å²) in [4.78, 5) is 3.63. The van der Waals surface area contributed by atoms with E-state index in [0.29, 0.717) is 13.3 Å². The van der Waals surface area contributed by atoms with Crippen molar-refractivity contribution in [2.24, 2.45) is 4.99 Å². The molecule has 1 fully saturated rings. The van der Waals surface area contributed by atoms with Crippen molar-refractivity contribution < 1.29 is 40.9 Å². The number of aliphatic imine (C=N–C) groups is 1. The zero-order chi connectivity index (χ0) is 18.1. The largest absolute Gasteiger partial charge is 0.380 e. The molecule has 0 radical (unpaired) electrons. The van der Waals surface area contributed by atoms with Gasteiger partial charge in [-0.25, -0.2) is 0 Å². The van der Waals surface area contributed by atoms with Crippen LogP contribution in [-0.4, -0.2) is 81.4 Å². The fourth-order valence-electron chi connectivity index (χ4n) is 2.46. The van der Waals surface area contributed by atoms with Crippen LogP contribution in [0.5, 0.6) is 0 Å². The third-order valence-electron chi connectivity index (χ3n) is 4.01. The standard InChI is InChI=1S/C13H24N2O8/c1-3-4-7-14-8-5-6-11(19)10(2,18)12(20,21)13(22,23)15(11)9(16)17/h5,7-9,16-23H,3-4,6H2,1-2H3/b8-5+,14-7?. The first-order chi connectivity index (χ1) is 10.4. The minimum atomic E-state index is -3.74. The highest BCUT2D eigenvalue weighted by molar-refractivity contribution is 5.57. The molecule has 10 heteroatoms. The predicted molar refractivity (Wildman–Crippen MR) is 77.1 cm³/mol. The Morgan fingerprint density at radius 1 is 1.09 bits per heavy atom. The zero-order valence-corrected chi connectivity index (χ0v) is 12.9. The summed E-state index contributed by atoms with van der Waals surface area (Å²) in [5, 5.41) is 78.5. The number of rotatable bonds is 6. The number of hydrogen-bond acceptors (Lipinski definition) is 10. The first kappa shape index (κ1) is 20.1. The van der Waals surface area contributed by atoms with Crippen LogP contribution in [0.15, 0.2) is 17.3 Å². The summed E-state index contributed by atoms with van der Waals surface area (Å²) in [6, 6.07) is 0. The topological polar surface area (TPSA) is 177 Å². The van der Waals surface area contributed by atoms with Crippen molar-refractivity contribution in [2.75, 3.05) is 0 Å². The molecule has 1 heterocycles. The first-order valence-electron chi connectivity index (χ1n) is 7.04. The minimum absolute atomic E-state index is 0.222. The van der Waals surface area contributed by atoms with Crippen LogP contribution in [0.1, 0.15) is 33.1 Å². The van der Waals surface area contributed by atoms with Gasteiger partial charge in [-0.1, -0.05) is 19.4 Å². The van der Waals surface area contributed by atoms with Crippen LogP contribution in [0.2, 0.25) is 0 Å². The zero-order valence-electron chi connectivity index (χ0n) is 12.9. The Kier molecular flexibility index (Phi) is 5.69. The molecule has 1 aliphatic rings. The van der Waals surface area contributed by atoms with Crippen LogP contribution in [0, 0.1) is 0 Å². The van der Waals surface area contributed by atoms with E-state index in [1.165, 1.54) is 12.3 Å². The third-order valence-corrected chi connectivity index (χ3v) is 4.01. The second-order valence-corrected chi connectivity index (χ2v) is 5.62. The molecule has 2 unspecified atom stereocenters. The lowest BCUT2D eigenvalue weighted by atomic mass is 9.85. The molecule has 134 valence electrons. The van der Waals surface area contributed by atoms with Crippen LogP contribution >= 0.6 is 0 Å². The lowest BCUT2D eigenvalue weighted by Crippen LogP contribution is -2.65. The molecule has 23 heavy (non-hydrogen) atoms. The third kappa shape index (κ3) is 2.93. The maximum absolute atomic E-state index is 10.5. The Morgan fingerprint density at radius 3 is 2.13 bits per heavy atom. The molecule has 0 aromatic carbocycles. The van der Waals surface area contributed by atoms with E-state index in [0.717, 1.165) is 6.42 Å². The Balaban J connectivity index is 3.18. The maximum atomic E-state index is 10.5. The number of aliphatic hydroxyl groups is 8. The Morgan fingerprint density at radius 2 is 1.65 bits per heavy atom. The lowest BCUT2D eigenvalue weighted by molar-refractivity contribution is -0.432. The lowest BCUT2D eigenvalue weighted by Gasteiger charge is -2.41. The quantitative estimate of drug-likeness (QED) is 0.187. The van der Waals surface area contributed by atoms with Crippen molar-refractivity contribution in [2.45, 2.75) is 62.5 Å². The number of aliphatic hydroxyl groups excluding tert-OH is 1. The van der Waals surface area contributed by atoms with Crippen molar-refractivity contribution in [3.8, 4) is 0 Å². The highest BCUT2D eigenvalue weighted by Gasteiger charge is 2.81. The summed E-state index contributed by atoms with van der Waals surface area (Å²) >= 11 is 0. The molecule has 1 rings (SSSR count). The van der Waals surface area contributed by atoms with E-state index in [1.807, 2.05) is 6.92 Å². The number of likely N-dealkylation sites (tertiary alicyclic amines) is 1. The van der Waals surface area contributed by atoms with Crippen molar-refractivity contribution in [3.05, 3.63) is 12.3 Å². The van der Waals surface area contributed by atoms with E-state index in [9.17, 15) is 40.9 Å². The van der Waals surface area contributed by atoms with Gasteiger partial charge in [-0.2, -0.15) is 4.90 Å². The van der Waals surface area contributed by atoms with Crippen LogP contribution in [0.4, 0.5) is 0 Å². The van der Waals surface area contributed by atoms with Gasteiger partial charge in [0.2, 0.25) is 6.41 Å². The van der Waals surface area contributed by atoms with Crippen LogP contribution in [0.25, 0.3) is 0 Å². The molecule has 0 aromatic rings. The molecule has 10 nitrogen and oxygen atoms in total. The monoisotopic (exact) mass is 336 g/mol. The van der Waals surface area contributed by atoms with Gasteiger partial charge in [0, 0.05) is 18.8 Å². The maximum Gasteiger partial charge on any atom is 0.291 e. The molecule has 8 N–H and O–H groups in total. The normalized spacial score (nSPS) is 34.2. The molecular weight excluding hydrogens is 312 g/mol. The molecule has 1 aliphatic heterocycles. The van der Waals surface area contributed by atoms with Gasteiger partial charge in [0.05, 0.1) is 0 Å². The van der Waals surface area contributed by atoms with Crippen molar-refractivity contribution >= 4 is 6.21 Å². The van der Waals surface area contributed by atoms with Gasteiger partial charge in [0.15, 0.2) is 11.3 Å². The second-order valence-electron chi connectivity index (χ2n) is 5.62. The molecule has 0 amide bonds. The smallest absolute Gasteiger partial charge is 0.291 e. The Bertz CT molecular complexity index is 475. The van der Waals surface area contributed by atoms with Crippen molar-refractivity contribution in [1.29, 1.82) is 0 Å². The van der Waals surface area contributed by atoms with Gasteiger partial charge in [-0.05, 0) is 13.3 Å². The number of unbranched alkanes of at least 4 members (excludes halogenated alkanes) is 1. The second kappa shape index (κ2) is 6.51. The minimum Gasteiger partial charge on any atom is -0.380 e. The number of hydrogen-bond donors (Lipinski definition) is 8. The van der Waals surface area contributed by atoms with Gasteiger partial charge in [0.1, 0.15) is 0 Å². The molecule has 0 aliphatic carbocycles. The van der Waals surface area contributed by atoms with E-state index in [1.54, 1.807) is 6.21 Å². The van der Waals surface area contributed by atoms with Gasteiger partial charge in [-0.3, -0.25) is 4.99 Å². The van der Waals surface area contributed by atoms with E-state index in [2.05, 4.69) is 4.99 Å². The van der Waals surface area contributed by atoms with Crippen LogP contribution < -0.4 is 0 Å². The van der Waals surface area contributed by atoms with E-state index >= 15 is 0 Å². The molecule has 0 aromatic heterocycles. The summed E-state index contributed by atoms with van der Waals surface area (Å²) in [6.07, 6.45) is 2.25. The van der Waals surface area contributed by atoms with Crippen LogP contribution in [-0.2, 0) is 0 Å². The first-order valence-corrected chi connectivity index (χ1v) is 7.04. The molecule has 0 spiro atoms. The van der Waals surface area contributed by atoms with Gasteiger partial charge in [0.25, 0.3) is 11.7 Å². The van der Waals surface area contributed by atoms with Gasteiger partial charge in [-0.15, -0.1) is 0 Å². The predicted octanol–water partition coefficient (Wildman–Crippen LogP) is -2.90. The Hall–Kier alpha value is -0.950. The summed E-state index contributed by atoms with van der Waals surface area (Å²) in [5.74, 6) is -7.42. The fourth-order valence-corrected chi connectivity index (χ4v) is 2.46.